The summed E-state index contributed by atoms with van der Waals surface area (Å²) in [6.07, 6.45) is 0. The van der Waals surface area contributed by atoms with Gasteiger partial charge in [-0.1, -0.05) is 0 Å². The van der Waals surface area contributed by atoms with Crippen molar-refractivity contribution in [3.8, 4) is 0 Å². The number of hydrogen-bond acceptors (Lipinski definition) is 13. The summed E-state index contributed by atoms with van der Waals surface area (Å²) >= 11 is 0. The van der Waals surface area contributed by atoms with Crippen molar-refractivity contribution in [3.05, 3.63) is 0 Å². The van der Waals surface area contributed by atoms with Gasteiger partial charge in [0.25, 0.3) is 0 Å². The Morgan fingerprint density at radius 1 is 0.200 bits per heavy atom. The van der Waals surface area contributed by atoms with E-state index in [2.05, 4.69) is 0 Å². The summed E-state index contributed by atoms with van der Waals surface area (Å²) < 4.78 is 46.2. The predicted molar refractivity (Wildman–Crippen MR) is 126 cm³/mol. The van der Waals surface area contributed by atoms with Gasteiger partial charge in [0, 0.05) is 0 Å². The number of aliphatic hydroxyl groups is 4. The molecule has 0 radical (unpaired) electrons. The van der Waals surface area contributed by atoms with Crippen LogP contribution in [0.3, 0.4) is 0 Å². The van der Waals surface area contributed by atoms with Gasteiger partial charge in [-0.2, -0.15) is 0 Å². The van der Waals surface area contributed by atoms with E-state index < -0.39 is 0 Å². The van der Waals surface area contributed by atoms with Crippen LogP contribution in [0.2, 0.25) is 0 Å². The van der Waals surface area contributed by atoms with Gasteiger partial charge < -0.3 is 63.1 Å². The molecule has 13 heteroatoms. The Labute approximate surface area is 209 Å². The molecule has 0 saturated heterocycles. The number of hydrogen-bond donors (Lipinski definition) is 4. The Morgan fingerprint density at radius 3 is 0.429 bits per heavy atom. The molecule has 0 atom stereocenters. The van der Waals surface area contributed by atoms with E-state index in [-0.39, 0.29) is 26.4 Å². The van der Waals surface area contributed by atoms with Gasteiger partial charge in [0.1, 0.15) is 0 Å². The van der Waals surface area contributed by atoms with E-state index in [0.717, 1.165) is 0 Å². The van der Waals surface area contributed by atoms with Gasteiger partial charge in [0.2, 0.25) is 0 Å². The van der Waals surface area contributed by atoms with Gasteiger partial charge in [0.05, 0.1) is 145 Å². The Hall–Kier alpha value is -0.520. The number of rotatable bonds is 29. The highest BCUT2D eigenvalue weighted by atomic mass is 16.6. The van der Waals surface area contributed by atoms with Crippen molar-refractivity contribution in [1.82, 2.24) is 0 Å². The van der Waals surface area contributed by atoms with Crippen molar-refractivity contribution >= 4 is 0 Å². The first kappa shape index (κ1) is 36.6. The summed E-state index contributed by atoms with van der Waals surface area (Å²) in [7, 11) is 0. The molecule has 214 valence electrons. The second-order valence-corrected chi connectivity index (χ2v) is 6.41. The smallest absolute Gasteiger partial charge is 0.0701 e. The summed E-state index contributed by atoms with van der Waals surface area (Å²) in [6.45, 7) is 8.59. The van der Waals surface area contributed by atoms with Gasteiger partial charge in [-0.05, 0) is 0 Å². The van der Waals surface area contributed by atoms with Crippen LogP contribution in [0.25, 0.3) is 0 Å². The molecule has 0 aliphatic heterocycles. The number of aliphatic hydroxyl groups excluding tert-OH is 4. The first-order chi connectivity index (χ1) is 17.3. The predicted octanol–water partition coefficient (Wildman–Crippen LogP) is -1.91. The average molecular weight is 521 g/mol. The van der Waals surface area contributed by atoms with Crippen LogP contribution in [0, 0.1) is 0 Å². The Balaban J connectivity index is 0. The van der Waals surface area contributed by atoms with Crippen molar-refractivity contribution in [1.29, 1.82) is 0 Å². The van der Waals surface area contributed by atoms with Gasteiger partial charge in [-0.15, -0.1) is 0 Å². The molecule has 0 aliphatic carbocycles. The minimum Gasteiger partial charge on any atom is -0.394 e. The van der Waals surface area contributed by atoms with Crippen molar-refractivity contribution in [2.75, 3.05) is 145 Å². The minimum absolute atomic E-state index is 0.0359. The van der Waals surface area contributed by atoms with Crippen LogP contribution in [0.4, 0.5) is 0 Å². The van der Waals surface area contributed by atoms with Gasteiger partial charge in [0.15, 0.2) is 0 Å². The molecular weight excluding hydrogens is 472 g/mol. The zero-order valence-corrected chi connectivity index (χ0v) is 21.0. The van der Waals surface area contributed by atoms with E-state index in [1.807, 2.05) is 0 Å². The van der Waals surface area contributed by atoms with Crippen LogP contribution in [0.1, 0.15) is 0 Å². The van der Waals surface area contributed by atoms with Crippen molar-refractivity contribution in [2.45, 2.75) is 0 Å². The molecule has 0 bridgehead atoms. The van der Waals surface area contributed by atoms with Crippen molar-refractivity contribution in [2.24, 2.45) is 0 Å². The molecule has 0 spiro atoms. The van der Waals surface area contributed by atoms with E-state index >= 15 is 0 Å². The molecule has 35 heavy (non-hydrogen) atoms. The molecule has 4 N–H and O–H groups in total. The molecule has 0 aliphatic rings. The Kier molecular flexibility index (Phi) is 39.8. The second kappa shape index (κ2) is 38.0. The Bertz CT molecular complexity index is 310. The van der Waals surface area contributed by atoms with E-state index in [9.17, 15) is 0 Å². The first-order valence-electron chi connectivity index (χ1n) is 12.0. The summed E-state index contributed by atoms with van der Waals surface area (Å²) in [5.41, 5.74) is 0. The second-order valence-electron chi connectivity index (χ2n) is 6.41. The van der Waals surface area contributed by atoms with E-state index in [4.69, 9.17) is 63.1 Å². The lowest BCUT2D eigenvalue weighted by atomic mass is 10.7. The van der Waals surface area contributed by atoms with Crippen molar-refractivity contribution < 1.29 is 63.1 Å². The first-order valence-corrected chi connectivity index (χ1v) is 12.0. The normalized spacial score (nSPS) is 11.0. The monoisotopic (exact) mass is 520 g/mol. The van der Waals surface area contributed by atoms with E-state index in [0.29, 0.717) is 119 Å². The molecular formula is C22H48O13. The maximum atomic E-state index is 8.45. The molecule has 0 unspecified atom stereocenters. The highest BCUT2D eigenvalue weighted by Crippen LogP contribution is 1.84. The highest BCUT2D eigenvalue weighted by Gasteiger charge is 1.93. The minimum atomic E-state index is 0.0359. The topological polar surface area (TPSA) is 164 Å². The summed E-state index contributed by atoms with van der Waals surface area (Å²) in [4.78, 5) is 0. The highest BCUT2D eigenvalue weighted by molar-refractivity contribution is 4.36. The molecule has 0 saturated carbocycles. The maximum Gasteiger partial charge on any atom is 0.0701 e. The van der Waals surface area contributed by atoms with Crippen LogP contribution < -0.4 is 0 Å². The fraction of sp³-hybridized carbons (Fsp3) is 1.00. The molecule has 0 aromatic rings. The zero-order valence-electron chi connectivity index (χ0n) is 21.0. The van der Waals surface area contributed by atoms with Gasteiger partial charge in [-0.3, -0.25) is 0 Å². The lowest BCUT2D eigenvalue weighted by Gasteiger charge is -2.07. The summed E-state index contributed by atoms with van der Waals surface area (Å²) in [6, 6.07) is 0. The third-order valence-corrected chi connectivity index (χ3v) is 3.55. The average Bonchev–Trinajstić information content (AvgIpc) is 2.87. The van der Waals surface area contributed by atoms with Crippen LogP contribution in [0.15, 0.2) is 0 Å². The molecule has 0 fully saturated rings. The maximum absolute atomic E-state index is 8.45. The lowest BCUT2D eigenvalue weighted by molar-refractivity contribution is -0.0151. The van der Waals surface area contributed by atoms with E-state index in [1.54, 1.807) is 0 Å². The molecule has 0 aromatic carbocycles. The fourth-order valence-corrected chi connectivity index (χ4v) is 2.00. The SMILES string of the molecule is OCCOCCOCCOCCOCCO.OCCOCCOCCOCCOCCOCCO. The van der Waals surface area contributed by atoms with E-state index in [1.165, 1.54) is 0 Å². The Morgan fingerprint density at radius 2 is 0.314 bits per heavy atom. The largest absolute Gasteiger partial charge is 0.394 e. The third-order valence-electron chi connectivity index (χ3n) is 3.55. The fourth-order valence-electron chi connectivity index (χ4n) is 2.00. The molecule has 0 rings (SSSR count). The third kappa shape index (κ3) is 40.9. The molecule has 0 heterocycles. The van der Waals surface area contributed by atoms with Crippen molar-refractivity contribution in [3.63, 3.8) is 0 Å². The molecule has 0 aromatic heterocycles. The van der Waals surface area contributed by atoms with Crippen LogP contribution >= 0.6 is 0 Å². The summed E-state index contributed by atoms with van der Waals surface area (Å²) in [5.74, 6) is 0. The molecule has 0 amide bonds. The standard InChI is InChI=1S/C12H26O7.C10H22O6/c13-1-3-15-5-7-17-9-11-19-12-10-18-8-6-16-4-2-14;11-1-3-13-5-7-15-9-10-16-8-6-14-4-2-12/h13-14H,1-12H2;11-12H,1-10H2. The van der Waals surface area contributed by atoms with Crippen LogP contribution in [-0.4, -0.2) is 166 Å². The van der Waals surface area contributed by atoms with Gasteiger partial charge in [-0.25, -0.2) is 0 Å². The lowest BCUT2D eigenvalue weighted by Crippen LogP contribution is -2.14. The zero-order chi connectivity index (χ0) is 25.9. The van der Waals surface area contributed by atoms with Crippen LogP contribution in [-0.2, 0) is 42.6 Å². The number of ether oxygens (including phenoxy) is 9. The quantitative estimate of drug-likeness (QED) is 0.0809. The summed E-state index contributed by atoms with van der Waals surface area (Å²) in [5, 5.41) is 33.7. The van der Waals surface area contributed by atoms with Crippen LogP contribution in [0.5, 0.6) is 0 Å². The van der Waals surface area contributed by atoms with Gasteiger partial charge >= 0.3 is 0 Å². The molecule has 13 nitrogen and oxygen atoms in total.